The van der Waals surface area contributed by atoms with Crippen molar-refractivity contribution >= 4 is 11.8 Å². The SMILES string of the molecule is CC1(C)CC2CC(C)(CN2CC2CC(c3ccc(CO)cc3)OC(c3ccc(CNC(=O)CCCCCC(=O)NO)cc3)O2)C1. The summed E-state index contributed by atoms with van der Waals surface area (Å²) in [5.41, 5.74) is 6.27. The van der Waals surface area contributed by atoms with Crippen molar-refractivity contribution in [3.05, 3.63) is 70.8 Å². The Morgan fingerprint density at radius 2 is 1.56 bits per heavy atom. The molecular weight excluding hydrogens is 570 g/mol. The van der Waals surface area contributed by atoms with Gasteiger partial charge in [-0.25, -0.2) is 5.48 Å². The summed E-state index contributed by atoms with van der Waals surface area (Å²) in [5.74, 6) is -0.423. The average Bonchev–Trinajstić information content (AvgIpc) is 3.26. The molecule has 0 aromatic heterocycles. The first kappa shape index (κ1) is 33.5. The van der Waals surface area contributed by atoms with Crippen molar-refractivity contribution in [1.29, 1.82) is 0 Å². The van der Waals surface area contributed by atoms with Crippen LogP contribution in [-0.2, 0) is 32.2 Å². The van der Waals surface area contributed by atoms with Gasteiger partial charge in [-0.05, 0) is 59.6 Å². The van der Waals surface area contributed by atoms with Crippen molar-refractivity contribution in [3.63, 3.8) is 0 Å². The first-order chi connectivity index (χ1) is 21.5. The number of rotatable bonds is 13. The summed E-state index contributed by atoms with van der Waals surface area (Å²) in [7, 11) is 0. The minimum atomic E-state index is -0.503. The van der Waals surface area contributed by atoms with Gasteiger partial charge in [0.25, 0.3) is 0 Å². The van der Waals surface area contributed by atoms with Gasteiger partial charge in [0.05, 0.1) is 18.8 Å². The number of aliphatic hydroxyl groups is 1. The van der Waals surface area contributed by atoms with Crippen LogP contribution < -0.4 is 10.8 Å². The van der Waals surface area contributed by atoms with Crippen molar-refractivity contribution in [2.45, 2.75) is 116 Å². The van der Waals surface area contributed by atoms with Crippen LogP contribution in [-0.4, -0.2) is 52.3 Å². The highest BCUT2D eigenvalue weighted by molar-refractivity contribution is 5.76. The second-order valence-corrected chi connectivity index (χ2v) is 14.6. The number of fused-ring (bicyclic) bond motifs is 2. The van der Waals surface area contributed by atoms with Gasteiger partial charge in [-0.15, -0.1) is 0 Å². The molecule has 246 valence electrons. The van der Waals surface area contributed by atoms with Gasteiger partial charge in [-0.2, -0.15) is 0 Å². The number of hydroxylamine groups is 1. The molecule has 45 heavy (non-hydrogen) atoms. The number of carbonyl (C=O) groups excluding carboxylic acids is 2. The summed E-state index contributed by atoms with van der Waals surface area (Å²) in [4.78, 5) is 26.1. The van der Waals surface area contributed by atoms with Crippen molar-refractivity contribution in [2.75, 3.05) is 13.1 Å². The molecule has 3 aliphatic rings. The molecule has 2 amide bonds. The summed E-state index contributed by atoms with van der Waals surface area (Å²) in [6.07, 6.45) is 6.67. The van der Waals surface area contributed by atoms with Crippen molar-refractivity contribution in [1.82, 2.24) is 15.7 Å². The number of aliphatic hydroxyl groups excluding tert-OH is 1. The summed E-state index contributed by atoms with van der Waals surface area (Å²) >= 11 is 0. The van der Waals surface area contributed by atoms with Crippen LogP contribution in [0.4, 0.5) is 0 Å². The zero-order chi connectivity index (χ0) is 32.0. The molecule has 5 rings (SSSR count). The van der Waals surface area contributed by atoms with Crippen LogP contribution in [0.1, 0.15) is 113 Å². The molecular formula is C36H51N3O6. The van der Waals surface area contributed by atoms with Crippen LogP contribution in [0.15, 0.2) is 48.5 Å². The molecule has 2 heterocycles. The Hall–Kier alpha value is -2.82. The molecule has 5 atom stereocenters. The van der Waals surface area contributed by atoms with Crippen LogP contribution in [0.2, 0.25) is 0 Å². The largest absolute Gasteiger partial charge is 0.392 e. The zero-order valence-corrected chi connectivity index (χ0v) is 27.1. The molecule has 2 saturated heterocycles. The third kappa shape index (κ3) is 9.14. The molecule has 0 spiro atoms. The fourth-order valence-corrected chi connectivity index (χ4v) is 7.97. The fourth-order valence-electron chi connectivity index (χ4n) is 7.97. The maximum atomic E-state index is 12.3. The van der Waals surface area contributed by atoms with E-state index in [-0.39, 0.29) is 31.1 Å². The Labute approximate surface area is 267 Å². The highest BCUT2D eigenvalue weighted by Gasteiger charge is 2.50. The summed E-state index contributed by atoms with van der Waals surface area (Å²) in [6, 6.07) is 16.7. The summed E-state index contributed by atoms with van der Waals surface area (Å²) < 4.78 is 13.3. The Morgan fingerprint density at radius 1 is 0.889 bits per heavy atom. The molecule has 1 aliphatic carbocycles. The van der Waals surface area contributed by atoms with Gasteiger partial charge in [-0.1, -0.05) is 75.7 Å². The number of hydrogen-bond donors (Lipinski definition) is 4. The molecule has 3 fully saturated rings. The zero-order valence-electron chi connectivity index (χ0n) is 27.1. The van der Waals surface area contributed by atoms with E-state index in [2.05, 4.69) is 43.1 Å². The van der Waals surface area contributed by atoms with Crippen molar-refractivity contribution in [3.8, 4) is 0 Å². The number of nitrogens with zero attached hydrogens (tertiary/aromatic N) is 1. The van der Waals surface area contributed by atoms with E-state index in [1.54, 1.807) is 5.48 Å². The quantitative estimate of drug-likeness (QED) is 0.129. The van der Waals surface area contributed by atoms with E-state index in [0.29, 0.717) is 42.7 Å². The first-order valence-electron chi connectivity index (χ1n) is 16.6. The molecule has 5 unspecified atom stereocenters. The topological polar surface area (TPSA) is 120 Å². The van der Waals surface area contributed by atoms with E-state index in [1.165, 1.54) is 19.3 Å². The minimum Gasteiger partial charge on any atom is -0.392 e. The minimum absolute atomic E-state index is 0.0178. The van der Waals surface area contributed by atoms with Crippen molar-refractivity contribution < 1.29 is 29.4 Å². The fraction of sp³-hybridized carbons (Fsp3) is 0.611. The van der Waals surface area contributed by atoms with Crippen LogP contribution >= 0.6 is 0 Å². The van der Waals surface area contributed by atoms with Gasteiger partial charge < -0.3 is 19.9 Å². The smallest absolute Gasteiger partial charge is 0.243 e. The van der Waals surface area contributed by atoms with Gasteiger partial charge in [0, 0.05) is 50.5 Å². The predicted molar refractivity (Wildman–Crippen MR) is 171 cm³/mol. The number of nitrogens with one attached hydrogen (secondary N) is 2. The molecule has 4 N–H and O–H groups in total. The number of amides is 2. The molecule has 1 saturated carbocycles. The predicted octanol–water partition coefficient (Wildman–Crippen LogP) is 5.70. The highest BCUT2D eigenvalue weighted by atomic mass is 16.7. The van der Waals surface area contributed by atoms with Gasteiger partial charge in [0.2, 0.25) is 11.8 Å². The highest BCUT2D eigenvalue weighted by Crippen LogP contribution is 2.53. The Balaban J connectivity index is 1.20. The van der Waals surface area contributed by atoms with Gasteiger partial charge in [0.15, 0.2) is 6.29 Å². The Morgan fingerprint density at radius 3 is 2.24 bits per heavy atom. The second-order valence-electron chi connectivity index (χ2n) is 14.6. The van der Waals surface area contributed by atoms with E-state index < -0.39 is 12.2 Å². The molecule has 2 bridgehead atoms. The lowest BCUT2D eigenvalue weighted by atomic mass is 9.65. The van der Waals surface area contributed by atoms with Gasteiger partial charge in [-0.3, -0.25) is 19.7 Å². The lowest BCUT2D eigenvalue weighted by Crippen LogP contribution is -2.42. The van der Waals surface area contributed by atoms with Crippen LogP contribution in [0, 0.1) is 10.8 Å². The molecule has 0 radical (unpaired) electrons. The average molecular weight is 622 g/mol. The third-order valence-corrected chi connectivity index (χ3v) is 9.75. The van der Waals surface area contributed by atoms with E-state index >= 15 is 0 Å². The molecule has 9 heteroatoms. The van der Waals surface area contributed by atoms with Gasteiger partial charge >= 0.3 is 0 Å². The first-order valence-corrected chi connectivity index (χ1v) is 16.6. The number of likely N-dealkylation sites (tertiary alicyclic amines) is 1. The Bertz CT molecular complexity index is 1280. The van der Waals surface area contributed by atoms with Crippen LogP contribution in [0.5, 0.6) is 0 Å². The van der Waals surface area contributed by atoms with E-state index in [4.69, 9.17) is 14.7 Å². The number of hydrogen-bond acceptors (Lipinski definition) is 7. The van der Waals surface area contributed by atoms with Crippen LogP contribution in [0.3, 0.4) is 0 Å². The Kier molecular flexibility index (Phi) is 11.0. The van der Waals surface area contributed by atoms with E-state index in [0.717, 1.165) is 48.2 Å². The molecule has 9 nitrogen and oxygen atoms in total. The summed E-state index contributed by atoms with van der Waals surface area (Å²) in [6.45, 7) is 9.73. The third-order valence-electron chi connectivity index (χ3n) is 9.75. The number of ether oxygens (including phenoxy) is 2. The maximum Gasteiger partial charge on any atom is 0.243 e. The molecule has 2 aromatic rings. The van der Waals surface area contributed by atoms with E-state index in [9.17, 15) is 14.7 Å². The normalized spacial score (nSPS) is 27.7. The molecule has 2 aliphatic heterocycles. The number of benzene rings is 2. The maximum absolute atomic E-state index is 12.3. The number of unbranched alkanes of at least 4 members (excludes halogenated alkanes) is 2. The summed E-state index contributed by atoms with van der Waals surface area (Å²) in [5, 5.41) is 21.1. The molecule has 2 aromatic carbocycles. The van der Waals surface area contributed by atoms with Crippen molar-refractivity contribution in [2.24, 2.45) is 10.8 Å². The lowest BCUT2D eigenvalue weighted by molar-refractivity contribution is -0.253. The van der Waals surface area contributed by atoms with E-state index in [1.807, 2.05) is 36.4 Å². The number of carbonyl (C=O) groups is 2. The second kappa shape index (κ2) is 14.7. The lowest BCUT2D eigenvalue weighted by Gasteiger charge is -2.41. The van der Waals surface area contributed by atoms with Gasteiger partial charge in [0.1, 0.15) is 0 Å². The monoisotopic (exact) mass is 621 g/mol. The van der Waals surface area contributed by atoms with Crippen LogP contribution in [0.25, 0.3) is 0 Å². The standard InChI is InChI=1S/C36H51N3O6/c1-35(2)18-29-19-36(3,23-35)24-39(29)21-30-17-31(27-13-11-26(22-40)12-14-27)45-34(44-30)28-15-9-25(10-16-28)20-37-32(41)7-5-4-6-8-33(42)38-43/h9-16,29-31,34,40,43H,4-8,17-24H2,1-3H3,(H,37,41)(H,38,42).